The maximum Gasteiger partial charge on any atom is 0.244 e. The SMILES string of the molecule is CC(=O)N(CC(=O)Nc1cccc(C#N)c1)c1ccc(C(C)(C)C)cc1. The zero-order valence-electron chi connectivity index (χ0n) is 15.5. The first-order valence-corrected chi connectivity index (χ1v) is 8.39. The van der Waals surface area contributed by atoms with Gasteiger partial charge in [0, 0.05) is 18.3 Å². The maximum atomic E-state index is 12.3. The molecule has 0 aliphatic heterocycles. The number of nitriles is 1. The lowest BCUT2D eigenvalue weighted by atomic mass is 9.87. The highest BCUT2D eigenvalue weighted by molar-refractivity contribution is 6.01. The summed E-state index contributed by atoms with van der Waals surface area (Å²) in [6.45, 7) is 7.69. The lowest BCUT2D eigenvalue weighted by Gasteiger charge is -2.23. The second-order valence-corrected chi connectivity index (χ2v) is 7.14. The molecular formula is C21H23N3O2. The predicted molar refractivity (Wildman–Crippen MR) is 103 cm³/mol. The highest BCUT2D eigenvalue weighted by atomic mass is 16.2. The summed E-state index contributed by atoms with van der Waals surface area (Å²) in [6.07, 6.45) is 0. The second kappa shape index (κ2) is 7.83. The summed E-state index contributed by atoms with van der Waals surface area (Å²) in [5.74, 6) is -0.537. The molecule has 0 atom stereocenters. The van der Waals surface area contributed by atoms with Crippen LogP contribution in [0.1, 0.15) is 38.8 Å². The van der Waals surface area contributed by atoms with E-state index in [0.717, 1.165) is 5.56 Å². The summed E-state index contributed by atoms with van der Waals surface area (Å²) >= 11 is 0. The van der Waals surface area contributed by atoms with Crippen LogP contribution in [-0.2, 0) is 15.0 Å². The largest absolute Gasteiger partial charge is 0.324 e. The molecule has 0 saturated carbocycles. The first kappa shape index (κ1) is 19.2. The lowest BCUT2D eigenvalue weighted by Crippen LogP contribution is -2.36. The number of rotatable bonds is 4. The van der Waals surface area contributed by atoms with Crippen molar-refractivity contribution in [3.05, 3.63) is 59.7 Å². The number of carbonyl (C=O) groups excluding carboxylic acids is 2. The Kier molecular flexibility index (Phi) is 5.78. The molecule has 0 radical (unpaired) electrons. The molecule has 0 unspecified atom stereocenters. The molecular weight excluding hydrogens is 326 g/mol. The molecule has 2 amide bonds. The molecule has 2 aromatic carbocycles. The lowest BCUT2D eigenvalue weighted by molar-refractivity contribution is -0.120. The van der Waals surface area contributed by atoms with Crippen LogP contribution in [0.4, 0.5) is 11.4 Å². The highest BCUT2D eigenvalue weighted by Crippen LogP contribution is 2.25. The van der Waals surface area contributed by atoms with Gasteiger partial charge < -0.3 is 10.2 Å². The van der Waals surface area contributed by atoms with Gasteiger partial charge in [-0.2, -0.15) is 5.26 Å². The fourth-order valence-electron chi connectivity index (χ4n) is 2.54. The maximum absolute atomic E-state index is 12.3. The van der Waals surface area contributed by atoms with E-state index >= 15 is 0 Å². The van der Waals surface area contributed by atoms with Crippen LogP contribution in [0, 0.1) is 11.3 Å². The van der Waals surface area contributed by atoms with Crippen LogP contribution in [0.15, 0.2) is 48.5 Å². The van der Waals surface area contributed by atoms with E-state index in [9.17, 15) is 9.59 Å². The van der Waals surface area contributed by atoms with Gasteiger partial charge in [-0.1, -0.05) is 39.0 Å². The van der Waals surface area contributed by atoms with Crippen LogP contribution in [0.25, 0.3) is 0 Å². The number of hydrogen-bond donors (Lipinski definition) is 1. The zero-order valence-corrected chi connectivity index (χ0v) is 15.5. The van der Waals surface area contributed by atoms with Gasteiger partial charge in [0.2, 0.25) is 11.8 Å². The van der Waals surface area contributed by atoms with Gasteiger partial charge in [0.25, 0.3) is 0 Å². The summed E-state index contributed by atoms with van der Waals surface area (Å²) in [5.41, 5.74) is 2.83. The summed E-state index contributed by atoms with van der Waals surface area (Å²) in [4.78, 5) is 25.8. The first-order chi connectivity index (χ1) is 12.2. The van der Waals surface area contributed by atoms with Crippen LogP contribution in [0.2, 0.25) is 0 Å². The molecule has 26 heavy (non-hydrogen) atoms. The fraction of sp³-hybridized carbons (Fsp3) is 0.286. The number of carbonyl (C=O) groups is 2. The number of anilines is 2. The number of benzene rings is 2. The third-order valence-electron chi connectivity index (χ3n) is 4.00. The standard InChI is InChI=1S/C21H23N3O2/c1-15(25)24(19-10-8-17(9-11-19)21(2,3)4)14-20(26)23-18-7-5-6-16(12-18)13-22/h5-12H,14H2,1-4H3,(H,23,26). The van der Waals surface area contributed by atoms with Gasteiger partial charge in [0.15, 0.2) is 0 Å². The minimum Gasteiger partial charge on any atom is -0.324 e. The average molecular weight is 349 g/mol. The molecule has 0 aliphatic rings. The van der Waals surface area contributed by atoms with Crippen LogP contribution in [0.5, 0.6) is 0 Å². The van der Waals surface area contributed by atoms with E-state index in [1.165, 1.54) is 11.8 Å². The van der Waals surface area contributed by atoms with Crippen LogP contribution >= 0.6 is 0 Å². The predicted octanol–water partition coefficient (Wildman–Crippen LogP) is 3.85. The van der Waals surface area contributed by atoms with Gasteiger partial charge in [0.1, 0.15) is 6.54 Å². The first-order valence-electron chi connectivity index (χ1n) is 8.39. The Hall–Kier alpha value is -3.13. The van der Waals surface area contributed by atoms with Gasteiger partial charge in [-0.05, 0) is 41.3 Å². The van der Waals surface area contributed by atoms with E-state index in [4.69, 9.17) is 5.26 Å². The molecule has 0 spiro atoms. The Morgan fingerprint density at radius 2 is 1.77 bits per heavy atom. The van der Waals surface area contributed by atoms with Crippen molar-refractivity contribution in [3.8, 4) is 6.07 Å². The minimum absolute atomic E-state index is 0.0166. The molecule has 5 heteroatoms. The summed E-state index contributed by atoms with van der Waals surface area (Å²) < 4.78 is 0. The number of amides is 2. The van der Waals surface area contributed by atoms with Crippen molar-refractivity contribution >= 4 is 23.2 Å². The van der Waals surface area contributed by atoms with Crippen molar-refractivity contribution in [1.29, 1.82) is 5.26 Å². The molecule has 134 valence electrons. The smallest absolute Gasteiger partial charge is 0.244 e. The molecule has 2 aromatic rings. The van der Waals surface area contributed by atoms with Crippen molar-refractivity contribution in [1.82, 2.24) is 0 Å². The Morgan fingerprint density at radius 1 is 1.12 bits per heavy atom. The van der Waals surface area contributed by atoms with Crippen molar-refractivity contribution in [2.45, 2.75) is 33.1 Å². The summed E-state index contributed by atoms with van der Waals surface area (Å²) in [6, 6.07) is 16.3. The van der Waals surface area contributed by atoms with Gasteiger partial charge in [-0.3, -0.25) is 9.59 Å². The number of nitrogens with zero attached hydrogens (tertiary/aromatic N) is 2. The molecule has 0 saturated heterocycles. The summed E-state index contributed by atoms with van der Waals surface area (Å²) in [5, 5.41) is 11.7. The summed E-state index contributed by atoms with van der Waals surface area (Å²) in [7, 11) is 0. The Bertz CT molecular complexity index is 843. The van der Waals surface area contributed by atoms with E-state index in [1.807, 2.05) is 30.3 Å². The Labute approximate surface area is 154 Å². The van der Waals surface area contributed by atoms with Crippen molar-refractivity contribution in [2.75, 3.05) is 16.8 Å². The van der Waals surface area contributed by atoms with Gasteiger partial charge in [-0.15, -0.1) is 0 Å². The Balaban J connectivity index is 2.14. The van der Waals surface area contributed by atoms with E-state index in [-0.39, 0.29) is 23.8 Å². The molecule has 5 nitrogen and oxygen atoms in total. The van der Waals surface area contributed by atoms with Gasteiger partial charge in [0.05, 0.1) is 11.6 Å². The zero-order chi connectivity index (χ0) is 19.3. The molecule has 0 fully saturated rings. The minimum atomic E-state index is -0.324. The monoisotopic (exact) mass is 349 g/mol. The van der Waals surface area contributed by atoms with E-state index in [0.29, 0.717) is 16.9 Å². The molecule has 1 N–H and O–H groups in total. The van der Waals surface area contributed by atoms with Crippen molar-refractivity contribution < 1.29 is 9.59 Å². The highest BCUT2D eigenvalue weighted by Gasteiger charge is 2.18. The normalized spacial score (nSPS) is 10.7. The quantitative estimate of drug-likeness (QED) is 0.911. The van der Waals surface area contributed by atoms with E-state index < -0.39 is 0 Å². The topological polar surface area (TPSA) is 73.2 Å². The number of nitrogens with one attached hydrogen (secondary N) is 1. The fourth-order valence-corrected chi connectivity index (χ4v) is 2.54. The third-order valence-corrected chi connectivity index (χ3v) is 4.00. The molecule has 2 rings (SSSR count). The molecule has 0 aromatic heterocycles. The van der Waals surface area contributed by atoms with Crippen LogP contribution in [0.3, 0.4) is 0 Å². The molecule has 0 aliphatic carbocycles. The molecule has 0 bridgehead atoms. The van der Waals surface area contributed by atoms with Gasteiger partial charge >= 0.3 is 0 Å². The molecule has 0 heterocycles. The van der Waals surface area contributed by atoms with Crippen molar-refractivity contribution in [3.63, 3.8) is 0 Å². The van der Waals surface area contributed by atoms with E-state index in [1.54, 1.807) is 24.3 Å². The Morgan fingerprint density at radius 3 is 2.31 bits per heavy atom. The van der Waals surface area contributed by atoms with E-state index in [2.05, 4.69) is 26.1 Å². The van der Waals surface area contributed by atoms with Gasteiger partial charge in [-0.25, -0.2) is 0 Å². The average Bonchev–Trinajstić information content (AvgIpc) is 2.59. The number of hydrogen-bond acceptors (Lipinski definition) is 3. The third kappa shape index (κ3) is 4.93. The second-order valence-electron chi connectivity index (χ2n) is 7.14. The van der Waals surface area contributed by atoms with Crippen LogP contribution in [-0.4, -0.2) is 18.4 Å². The van der Waals surface area contributed by atoms with Crippen LogP contribution < -0.4 is 10.2 Å². The van der Waals surface area contributed by atoms with Crippen molar-refractivity contribution in [2.24, 2.45) is 0 Å².